The SMILES string of the molecule is Nc1cn(Cc2cncs2)nc1C(=O)O. The molecular formula is C8H8N4O2S. The Morgan fingerprint density at radius 2 is 2.47 bits per heavy atom. The van der Waals surface area contributed by atoms with Gasteiger partial charge in [-0.3, -0.25) is 9.67 Å². The molecule has 2 heterocycles. The molecular weight excluding hydrogens is 216 g/mol. The molecule has 0 atom stereocenters. The van der Waals surface area contributed by atoms with E-state index in [-0.39, 0.29) is 11.4 Å². The second kappa shape index (κ2) is 3.70. The first-order valence-electron chi connectivity index (χ1n) is 4.10. The van der Waals surface area contributed by atoms with Crippen LogP contribution in [0.25, 0.3) is 0 Å². The maximum Gasteiger partial charge on any atom is 0.358 e. The number of thiazole rings is 1. The second-order valence-corrected chi connectivity index (χ2v) is 3.87. The minimum absolute atomic E-state index is 0.112. The molecule has 78 valence electrons. The van der Waals surface area contributed by atoms with Crippen LogP contribution < -0.4 is 5.73 Å². The van der Waals surface area contributed by atoms with Crippen molar-refractivity contribution in [2.75, 3.05) is 5.73 Å². The zero-order valence-corrected chi connectivity index (χ0v) is 8.44. The lowest BCUT2D eigenvalue weighted by atomic mass is 10.4. The molecule has 2 aromatic rings. The van der Waals surface area contributed by atoms with E-state index in [9.17, 15) is 4.79 Å². The Kier molecular flexibility index (Phi) is 2.38. The first-order valence-corrected chi connectivity index (χ1v) is 4.98. The number of nitrogens with two attached hydrogens (primary N) is 1. The number of aromatic nitrogens is 3. The van der Waals surface area contributed by atoms with Crippen LogP contribution >= 0.6 is 11.3 Å². The molecule has 0 fully saturated rings. The summed E-state index contributed by atoms with van der Waals surface area (Å²) in [5.41, 5.74) is 7.27. The lowest BCUT2D eigenvalue weighted by Gasteiger charge is -1.95. The molecule has 0 radical (unpaired) electrons. The van der Waals surface area contributed by atoms with Gasteiger partial charge in [-0.05, 0) is 0 Å². The molecule has 0 saturated heterocycles. The third-order valence-corrected chi connectivity index (χ3v) is 2.56. The van der Waals surface area contributed by atoms with Crippen molar-refractivity contribution in [1.29, 1.82) is 0 Å². The average molecular weight is 224 g/mol. The fourth-order valence-electron chi connectivity index (χ4n) is 1.16. The molecule has 0 saturated carbocycles. The first-order chi connectivity index (χ1) is 7.16. The van der Waals surface area contributed by atoms with Crippen molar-refractivity contribution in [1.82, 2.24) is 14.8 Å². The summed E-state index contributed by atoms with van der Waals surface area (Å²) in [4.78, 5) is 15.6. The number of nitrogen functional groups attached to an aromatic ring is 1. The molecule has 0 aromatic carbocycles. The second-order valence-electron chi connectivity index (χ2n) is 2.90. The third kappa shape index (κ3) is 1.96. The highest BCUT2D eigenvalue weighted by atomic mass is 32.1. The third-order valence-electron chi connectivity index (χ3n) is 1.79. The Morgan fingerprint density at radius 3 is 3.00 bits per heavy atom. The van der Waals surface area contributed by atoms with Gasteiger partial charge in [0, 0.05) is 17.3 Å². The number of carboxylic acids is 1. The van der Waals surface area contributed by atoms with E-state index in [0.29, 0.717) is 6.54 Å². The molecule has 3 N–H and O–H groups in total. The lowest BCUT2D eigenvalue weighted by Crippen LogP contribution is -2.03. The lowest BCUT2D eigenvalue weighted by molar-refractivity contribution is 0.0690. The number of hydrogen-bond donors (Lipinski definition) is 2. The van der Waals surface area contributed by atoms with Gasteiger partial charge < -0.3 is 10.8 Å². The molecule has 0 aliphatic rings. The molecule has 0 amide bonds. The van der Waals surface area contributed by atoms with Crippen LogP contribution in [0.4, 0.5) is 5.69 Å². The number of carbonyl (C=O) groups is 1. The van der Waals surface area contributed by atoms with Gasteiger partial charge in [0.1, 0.15) is 0 Å². The van der Waals surface area contributed by atoms with E-state index in [1.165, 1.54) is 22.2 Å². The maximum absolute atomic E-state index is 10.7. The largest absolute Gasteiger partial charge is 0.476 e. The Morgan fingerprint density at radius 1 is 1.67 bits per heavy atom. The quantitative estimate of drug-likeness (QED) is 0.799. The Balaban J connectivity index is 2.23. The molecule has 2 aromatic heterocycles. The van der Waals surface area contributed by atoms with Gasteiger partial charge in [0.2, 0.25) is 0 Å². The standard InChI is InChI=1S/C8H8N4O2S/c9-6-3-12(11-7(6)8(13)14)2-5-1-10-4-15-5/h1,3-4H,2,9H2,(H,13,14). The van der Waals surface area contributed by atoms with Gasteiger partial charge in [-0.2, -0.15) is 5.10 Å². The van der Waals surface area contributed by atoms with Crippen LogP contribution in [0.5, 0.6) is 0 Å². The summed E-state index contributed by atoms with van der Waals surface area (Å²) in [7, 11) is 0. The highest BCUT2D eigenvalue weighted by Gasteiger charge is 2.13. The van der Waals surface area contributed by atoms with Crippen molar-refractivity contribution in [3.8, 4) is 0 Å². The minimum atomic E-state index is -1.12. The van der Waals surface area contributed by atoms with Crippen LogP contribution in [0.15, 0.2) is 17.9 Å². The number of nitrogens with zero attached hydrogens (tertiary/aromatic N) is 3. The van der Waals surface area contributed by atoms with Crippen LogP contribution in [-0.2, 0) is 6.54 Å². The van der Waals surface area contributed by atoms with Crippen molar-refractivity contribution in [3.05, 3.63) is 28.5 Å². The van der Waals surface area contributed by atoms with Crippen LogP contribution in [0.1, 0.15) is 15.4 Å². The molecule has 0 spiro atoms. The zero-order chi connectivity index (χ0) is 10.8. The fraction of sp³-hybridized carbons (Fsp3) is 0.125. The predicted molar refractivity (Wildman–Crippen MR) is 54.8 cm³/mol. The van der Waals surface area contributed by atoms with Crippen molar-refractivity contribution in [3.63, 3.8) is 0 Å². The van der Waals surface area contributed by atoms with E-state index in [1.54, 1.807) is 11.7 Å². The highest BCUT2D eigenvalue weighted by molar-refractivity contribution is 7.09. The van der Waals surface area contributed by atoms with Gasteiger partial charge in [-0.15, -0.1) is 11.3 Å². The predicted octanol–water partition coefficient (Wildman–Crippen LogP) is 0.668. The van der Waals surface area contributed by atoms with E-state index in [1.807, 2.05) is 0 Å². The van der Waals surface area contributed by atoms with Crippen molar-refractivity contribution >= 4 is 23.0 Å². The summed E-state index contributed by atoms with van der Waals surface area (Å²) in [6, 6.07) is 0. The molecule has 0 aliphatic heterocycles. The maximum atomic E-state index is 10.7. The molecule has 0 bridgehead atoms. The van der Waals surface area contributed by atoms with Crippen LogP contribution in [0.2, 0.25) is 0 Å². The Bertz CT molecular complexity index is 477. The van der Waals surface area contributed by atoms with Gasteiger partial charge in [0.15, 0.2) is 5.69 Å². The normalized spacial score (nSPS) is 10.4. The topological polar surface area (TPSA) is 94.0 Å². The Hall–Kier alpha value is -1.89. The zero-order valence-electron chi connectivity index (χ0n) is 7.62. The van der Waals surface area contributed by atoms with Crippen LogP contribution in [-0.4, -0.2) is 25.8 Å². The van der Waals surface area contributed by atoms with Gasteiger partial charge in [-0.1, -0.05) is 0 Å². The van der Waals surface area contributed by atoms with E-state index < -0.39 is 5.97 Å². The molecule has 6 nitrogen and oxygen atoms in total. The van der Waals surface area contributed by atoms with Gasteiger partial charge in [0.25, 0.3) is 0 Å². The van der Waals surface area contributed by atoms with Gasteiger partial charge >= 0.3 is 5.97 Å². The summed E-state index contributed by atoms with van der Waals surface area (Å²) in [6.07, 6.45) is 3.21. The number of rotatable bonds is 3. The highest BCUT2D eigenvalue weighted by Crippen LogP contribution is 2.12. The van der Waals surface area contributed by atoms with E-state index in [0.717, 1.165) is 4.88 Å². The summed E-state index contributed by atoms with van der Waals surface area (Å²) >= 11 is 1.48. The van der Waals surface area contributed by atoms with Crippen molar-refractivity contribution in [2.45, 2.75) is 6.54 Å². The minimum Gasteiger partial charge on any atom is -0.476 e. The van der Waals surface area contributed by atoms with Gasteiger partial charge in [0.05, 0.1) is 17.7 Å². The fourth-order valence-corrected chi connectivity index (χ4v) is 1.75. The summed E-state index contributed by atoms with van der Waals surface area (Å²) in [5.74, 6) is -1.12. The molecule has 0 aliphatic carbocycles. The number of hydrogen-bond acceptors (Lipinski definition) is 5. The number of carboxylic acid groups (broad SMARTS) is 1. The smallest absolute Gasteiger partial charge is 0.358 e. The molecule has 15 heavy (non-hydrogen) atoms. The summed E-state index contributed by atoms with van der Waals surface area (Å²) in [6.45, 7) is 0.488. The van der Waals surface area contributed by atoms with E-state index >= 15 is 0 Å². The van der Waals surface area contributed by atoms with Gasteiger partial charge in [-0.25, -0.2) is 4.79 Å². The summed E-state index contributed by atoms with van der Waals surface area (Å²) < 4.78 is 1.49. The molecule has 7 heteroatoms. The molecule has 0 unspecified atom stereocenters. The van der Waals surface area contributed by atoms with Crippen molar-refractivity contribution in [2.24, 2.45) is 0 Å². The average Bonchev–Trinajstić information content (AvgIpc) is 2.75. The monoisotopic (exact) mass is 224 g/mol. The number of anilines is 1. The van der Waals surface area contributed by atoms with E-state index in [4.69, 9.17) is 10.8 Å². The van der Waals surface area contributed by atoms with Crippen LogP contribution in [0.3, 0.4) is 0 Å². The molecule has 2 rings (SSSR count). The van der Waals surface area contributed by atoms with Crippen LogP contribution in [0, 0.1) is 0 Å². The first kappa shape index (κ1) is 9.66. The number of aromatic carboxylic acids is 1. The van der Waals surface area contributed by atoms with E-state index in [2.05, 4.69) is 10.1 Å². The summed E-state index contributed by atoms with van der Waals surface area (Å²) in [5, 5.41) is 12.6. The van der Waals surface area contributed by atoms with Crippen molar-refractivity contribution < 1.29 is 9.90 Å². The Labute approximate surface area is 89.0 Å².